The highest BCUT2D eigenvalue weighted by atomic mass is 32.1. The summed E-state index contributed by atoms with van der Waals surface area (Å²) >= 11 is 1.36. The molecule has 2 heterocycles. The highest BCUT2D eigenvalue weighted by molar-refractivity contribution is 7.16. The second kappa shape index (κ2) is 5.75. The summed E-state index contributed by atoms with van der Waals surface area (Å²) in [5.74, 6) is -0.456. The molecule has 2 aromatic rings. The Morgan fingerprint density at radius 2 is 2.37 bits per heavy atom. The summed E-state index contributed by atoms with van der Waals surface area (Å²) in [7, 11) is 0. The normalized spacial score (nSPS) is 11.3. The largest absolute Gasteiger partial charge is 0.456 e. The van der Waals surface area contributed by atoms with Crippen molar-refractivity contribution in [1.29, 1.82) is 0 Å². The van der Waals surface area contributed by atoms with Gasteiger partial charge in [0.25, 0.3) is 5.56 Å². The molecule has 0 aliphatic carbocycles. The number of allylic oxidation sites excluding steroid dienone is 1. The molecule has 19 heavy (non-hydrogen) atoms. The lowest BCUT2D eigenvalue weighted by atomic mass is 10.4. The van der Waals surface area contributed by atoms with E-state index in [-0.39, 0.29) is 12.2 Å². The number of aryl methyl sites for hydroxylation is 1. The summed E-state index contributed by atoms with van der Waals surface area (Å²) in [5, 5.41) is 4.98. The first-order valence-electron chi connectivity index (χ1n) is 5.82. The van der Waals surface area contributed by atoms with Crippen LogP contribution in [0.5, 0.6) is 0 Å². The molecule has 0 atom stereocenters. The summed E-state index contributed by atoms with van der Waals surface area (Å²) < 4.78 is 6.22. The molecule has 0 saturated carbocycles. The van der Waals surface area contributed by atoms with Crippen LogP contribution in [0.1, 0.15) is 24.5 Å². The Labute approximate surface area is 113 Å². The van der Waals surface area contributed by atoms with Gasteiger partial charge in [-0.1, -0.05) is 24.3 Å². The summed E-state index contributed by atoms with van der Waals surface area (Å²) in [6.45, 7) is 3.67. The number of nitrogens with zero attached hydrogens (tertiary/aromatic N) is 3. The van der Waals surface area contributed by atoms with Crippen LogP contribution in [0.15, 0.2) is 23.0 Å². The number of esters is 1. The molecule has 0 spiro atoms. The topological polar surface area (TPSA) is 73.6 Å². The van der Waals surface area contributed by atoms with Crippen LogP contribution in [0.25, 0.3) is 4.96 Å². The predicted octanol–water partition coefficient (Wildman–Crippen LogP) is 1.33. The van der Waals surface area contributed by atoms with E-state index in [1.165, 1.54) is 28.0 Å². The Morgan fingerprint density at radius 3 is 3.05 bits per heavy atom. The van der Waals surface area contributed by atoms with Gasteiger partial charge in [0.05, 0.1) is 5.69 Å². The smallest absolute Gasteiger partial charge is 0.330 e. The lowest BCUT2D eigenvalue weighted by molar-refractivity contribution is -0.139. The molecule has 7 heteroatoms. The third-order valence-corrected chi connectivity index (χ3v) is 3.36. The maximum absolute atomic E-state index is 11.8. The predicted molar refractivity (Wildman–Crippen MR) is 71.1 cm³/mol. The van der Waals surface area contributed by atoms with Gasteiger partial charge in [0.1, 0.15) is 11.6 Å². The summed E-state index contributed by atoms with van der Waals surface area (Å²) in [6.07, 6.45) is 3.65. The number of hydrogen-bond acceptors (Lipinski definition) is 6. The standard InChI is InChI=1S/C12H13N3O3S/c1-3-5-11(17)18-7-8-6-10(16)15-12(13-8)19-9(4-2)14-15/h3,5-6H,4,7H2,1-2H3/b5-3+. The zero-order valence-corrected chi connectivity index (χ0v) is 11.4. The van der Waals surface area contributed by atoms with Crippen LogP contribution in [0.4, 0.5) is 0 Å². The van der Waals surface area contributed by atoms with E-state index >= 15 is 0 Å². The molecule has 0 unspecified atom stereocenters. The third-order valence-electron chi connectivity index (χ3n) is 2.31. The van der Waals surface area contributed by atoms with E-state index in [4.69, 9.17) is 4.74 Å². The van der Waals surface area contributed by atoms with Gasteiger partial charge >= 0.3 is 5.97 Å². The lowest BCUT2D eigenvalue weighted by Crippen LogP contribution is -2.16. The van der Waals surface area contributed by atoms with Gasteiger partial charge in [-0.15, -0.1) is 0 Å². The molecular formula is C12H13N3O3S. The molecule has 0 fully saturated rings. The quantitative estimate of drug-likeness (QED) is 0.623. The van der Waals surface area contributed by atoms with Crippen LogP contribution < -0.4 is 5.56 Å². The van der Waals surface area contributed by atoms with Gasteiger partial charge in [0.15, 0.2) is 0 Å². The molecule has 0 aliphatic heterocycles. The van der Waals surface area contributed by atoms with Gasteiger partial charge in [-0.2, -0.15) is 9.61 Å². The maximum atomic E-state index is 11.8. The Bertz CT molecular complexity index is 687. The SMILES string of the molecule is C/C=C/C(=O)OCc1cc(=O)n2nc(CC)sc2n1. The first kappa shape index (κ1) is 13.4. The number of rotatable bonds is 4. The average molecular weight is 279 g/mol. The number of aromatic nitrogens is 3. The first-order valence-corrected chi connectivity index (χ1v) is 6.63. The molecule has 6 nitrogen and oxygen atoms in total. The number of ether oxygens (including phenoxy) is 1. The Kier molecular flexibility index (Phi) is 4.06. The summed E-state index contributed by atoms with van der Waals surface area (Å²) in [6, 6.07) is 1.33. The fourth-order valence-electron chi connectivity index (χ4n) is 1.44. The van der Waals surface area contributed by atoms with Gasteiger partial charge in [0.2, 0.25) is 4.96 Å². The van der Waals surface area contributed by atoms with Crippen molar-refractivity contribution >= 4 is 22.3 Å². The first-order chi connectivity index (χ1) is 9.13. The second-order valence-electron chi connectivity index (χ2n) is 3.74. The van der Waals surface area contributed by atoms with Gasteiger partial charge in [-0.25, -0.2) is 9.78 Å². The number of hydrogen-bond donors (Lipinski definition) is 0. The lowest BCUT2D eigenvalue weighted by Gasteiger charge is -2.00. The zero-order valence-electron chi connectivity index (χ0n) is 10.6. The van der Waals surface area contributed by atoms with Crippen molar-refractivity contribution in [1.82, 2.24) is 14.6 Å². The third kappa shape index (κ3) is 3.05. The minimum absolute atomic E-state index is 0.0196. The van der Waals surface area contributed by atoms with Gasteiger partial charge in [0, 0.05) is 12.1 Å². The van der Waals surface area contributed by atoms with Crippen LogP contribution in [-0.2, 0) is 22.6 Å². The minimum atomic E-state index is -0.456. The molecule has 2 aromatic heterocycles. The monoisotopic (exact) mass is 279 g/mol. The number of carbonyl (C=O) groups excluding carboxylic acids is 1. The molecule has 100 valence electrons. The van der Waals surface area contributed by atoms with Crippen molar-refractivity contribution in [2.45, 2.75) is 26.9 Å². The van der Waals surface area contributed by atoms with Crippen molar-refractivity contribution in [3.63, 3.8) is 0 Å². The van der Waals surface area contributed by atoms with Crippen LogP contribution in [0, 0.1) is 0 Å². The average Bonchev–Trinajstić information content (AvgIpc) is 2.80. The molecule has 2 rings (SSSR count). The van der Waals surface area contributed by atoms with Crippen molar-refractivity contribution in [2.24, 2.45) is 0 Å². The Morgan fingerprint density at radius 1 is 1.58 bits per heavy atom. The van der Waals surface area contributed by atoms with Crippen molar-refractivity contribution in [2.75, 3.05) is 0 Å². The Hall–Kier alpha value is -2.02. The van der Waals surface area contributed by atoms with E-state index in [2.05, 4.69) is 10.1 Å². The molecule has 0 radical (unpaired) electrons. The van der Waals surface area contributed by atoms with Crippen molar-refractivity contribution in [3.8, 4) is 0 Å². The fourth-order valence-corrected chi connectivity index (χ4v) is 2.30. The van der Waals surface area contributed by atoms with Crippen molar-refractivity contribution < 1.29 is 9.53 Å². The summed E-state index contributed by atoms with van der Waals surface area (Å²) in [4.78, 5) is 27.8. The van der Waals surface area contributed by atoms with E-state index in [9.17, 15) is 9.59 Å². The van der Waals surface area contributed by atoms with Gasteiger partial charge < -0.3 is 4.74 Å². The van der Waals surface area contributed by atoms with E-state index in [0.717, 1.165) is 11.4 Å². The van der Waals surface area contributed by atoms with E-state index in [1.54, 1.807) is 13.0 Å². The van der Waals surface area contributed by atoms with Gasteiger partial charge in [-0.05, 0) is 13.3 Å². The Balaban J connectivity index is 2.25. The van der Waals surface area contributed by atoms with Gasteiger partial charge in [-0.3, -0.25) is 4.79 Å². The summed E-state index contributed by atoms with van der Waals surface area (Å²) in [5.41, 5.74) is 0.159. The molecule has 0 N–H and O–H groups in total. The second-order valence-corrected chi connectivity index (χ2v) is 4.78. The zero-order chi connectivity index (χ0) is 13.8. The van der Waals surface area contributed by atoms with Crippen LogP contribution >= 0.6 is 11.3 Å². The molecule has 0 saturated heterocycles. The van der Waals surface area contributed by atoms with E-state index in [0.29, 0.717) is 10.7 Å². The molecule has 0 aromatic carbocycles. The van der Waals surface area contributed by atoms with Crippen molar-refractivity contribution in [3.05, 3.63) is 39.3 Å². The number of fused-ring (bicyclic) bond motifs is 1. The fraction of sp³-hybridized carbons (Fsp3) is 0.333. The van der Waals surface area contributed by atoms with E-state index in [1.807, 2.05) is 6.92 Å². The highest BCUT2D eigenvalue weighted by Crippen LogP contribution is 2.11. The maximum Gasteiger partial charge on any atom is 0.330 e. The highest BCUT2D eigenvalue weighted by Gasteiger charge is 2.08. The number of carbonyl (C=O) groups is 1. The minimum Gasteiger partial charge on any atom is -0.456 e. The molecule has 0 aliphatic rings. The van der Waals surface area contributed by atoms with Crippen LogP contribution in [-0.4, -0.2) is 20.6 Å². The molecular weight excluding hydrogens is 266 g/mol. The van der Waals surface area contributed by atoms with E-state index < -0.39 is 5.97 Å². The molecule has 0 amide bonds. The molecule has 0 bridgehead atoms. The van der Waals surface area contributed by atoms with Crippen LogP contribution in [0.2, 0.25) is 0 Å². The van der Waals surface area contributed by atoms with Crippen LogP contribution in [0.3, 0.4) is 0 Å².